The predicted molar refractivity (Wildman–Crippen MR) is 102 cm³/mol. The number of carbonyl (C=O) groups is 2. The molecule has 1 aliphatic heterocycles. The SMILES string of the molecule is COc1ccc(Cl)cc1C(=O)NC1CC(=O)N(c2ccc(C)c(C)c2)C1. The van der Waals surface area contributed by atoms with Crippen molar-refractivity contribution in [1.82, 2.24) is 5.32 Å². The molecule has 0 saturated carbocycles. The van der Waals surface area contributed by atoms with Crippen LogP contribution in [-0.4, -0.2) is 31.5 Å². The lowest BCUT2D eigenvalue weighted by molar-refractivity contribution is -0.117. The summed E-state index contributed by atoms with van der Waals surface area (Å²) >= 11 is 5.99. The van der Waals surface area contributed by atoms with Gasteiger partial charge in [0.1, 0.15) is 5.75 Å². The van der Waals surface area contributed by atoms with Gasteiger partial charge in [-0.2, -0.15) is 0 Å². The van der Waals surface area contributed by atoms with Crippen LogP contribution < -0.4 is 15.0 Å². The highest BCUT2D eigenvalue weighted by atomic mass is 35.5. The molecule has 0 spiro atoms. The lowest BCUT2D eigenvalue weighted by atomic mass is 10.1. The van der Waals surface area contributed by atoms with E-state index < -0.39 is 0 Å². The standard InChI is InChI=1S/C20H21ClN2O3/c1-12-4-6-16(8-13(12)2)23-11-15(10-19(23)24)22-20(25)17-9-14(21)5-7-18(17)26-3/h4-9,15H,10-11H2,1-3H3,(H,22,25). The molecule has 26 heavy (non-hydrogen) atoms. The molecule has 1 aliphatic rings. The Bertz CT molecular complexity index is 866. The molecule has 136 valence electrons. The van der Waals surface area contributed by atoms with Crippen molar-refractivity contribution in [2.24, 2.45) is 0 Å². The van der Waals surface area contributed by atoms with E-state index in [9.17, 15) is 9.59 Å². The molecular weight excluding hydrogens is 352 g/mol. The number of benzene rings is 2. The number of anilines is 1. The number of aryl methyl sites for hydroxylation is 2. The minimum atomic E-state index is -0.302. The van der Waals surface area contributed by atoms with Crippen molar-refractivity contribution in [2.75, 3.05) is 18.6 Å². The Kier molecular flexibility index (Phi) is 5.18. The Hall–Kier alpha value is -2.53. The first-order valence-corrected chi connectivity index (χ1v) is 8.79. The van der Waals surface area contributed by atoms with Crippen LogP contribution in [0.25, 0.3) is 0 Å². The second kappa shape index (κ2) is 7.38. The molecule has 2 aromatic rings. The highest BCUT2D eigenvalue weighted by Gasteiger charge is 2.32. The van der Waals surface area contributed by atoms with E-state index >= 15 is 0 Å². The molecule has 1 atom stereocenters. The molecule has 5 nitrogen and oxygen atoms in total. The zero-order valence-corrected chi connectivity index (χ0v) is 15.8. The molecule has 1 N–H and O–H groups in total. The van der Waals surface area contributed by atoms with Gasteiger partial charge in [0.15, 0.2) is 0 Å². The van der Waals surface area contributed by atoms with E-state index in [1.807, 2.05) is 32.0 Å². The molecule has 6 heteroatoms. The van der Waals surface area contributed by atoms with Crippen LogP contribution in [0.5, 0.6) is 5.75 Å². The van der Waals surface area contributed by atoms with Crippen molar-refractivity contribution in [3.63, 3.8) is 0 Å². The van der Waals surface area contributed by atoms with Crippen LogP contribution in [0.1, 0.15) is 27.9 Å². The van der Waals surface area contributed by atoms with Crippen LogP contribution in [-0.2, 0) is 4.79 Å². The fourth-order valence-electron chi connectivity index (χ4n) is 3.07. The smallest absolute Gasteiger partial charge is 0.255 e. The van der Waals surface area contributed by atoms with Gasteiger partial charge < -0.3 is 15.0 Å². The molecular formula is C20H21ClN2O3. The van der Waals surface area contributed by atoms with Crippen LogP contribution in [0.2, 0.25) is 5.02 Å². The monoisotopic (exact) mass is 372 g/mol. The molecule has 0 radical (unpaired) electrons. The number of halogens is 1. The van der Waals surface area contributed by atoms with E-state index in [2.05, 4.69) is 5.32 Å². The number of nitrogens with zero attached hydrogens (tertiary/aromatic N) is 1. The van der Waals surface area contributed by atoms with Gasteiger partial charge in [0.05, 0.1) is 18.7 Å². The summed E-state index contributed by atoms with van der Waals surface area (Å²) in [5.41, 5.74) is 3.53. The van der Waals surface area contributed by atoms with E-state index in [1.165, 1.54) is 12.7 Å². The summed E-state index contributed by atoms with van der Waals surface area (Å²) in [6.45, 7) is 4.49. The summed E-state index contributed by atoms with van der Waals surface area (Å²) in [7, 11) is 1.50. The Morgan fingerprint density at radius 1 is 1.19 bits per heavy atom. The van der Waals surface area contributed by atoms with E-state index in [1.54, 1.807) is 23.1 Å². The number of carbonyl (C=O) groups excluding carboxylic acids is 2. The fourth-order valence-corrected chi connectivity index (χ4v) is 3.24. The van der Waals surface area contributed by atoms with Crippen molar-refractivity contribution in [3.8, 4) is 5.75 Å². The summed E-state index contributed by atoms with van der Waals surface area (Å²) < 4.78 is 5.23. The minimum Gasteiger partial charge on any atom is -0.496 e. The first kappa shape index (κ1) is 18.3. The summed E-state index contributed by atoms with van der Waals surface area (Å²) in [6, 6.07) is 10.5. The molecule has 1 unspecified atom stereocenters. The third-order valence-corrected chi connectivity index (χ3v) is 4.90. The molecule has 3 rings (SSSR count). The number of amides is 2. The highest BCUT2D eigenvalue weighted by molar-refractivity contribution is 6.31. The lowest BCUT2D eigenvalue weighted by Crippen LogP contribution is -2.37. The zero-order valence-electron chi connectivity index (χ0n) is 15.0. The molecule has 2 aromatic carbocycles. The summed E-state index contributed by atoms with van der Waals surface area (Å²) in [6.07, 6.45) is 0.265. The minimum absolute atomic E-state index is 0.00314. The molecule has 1 heterocycles. The van der Waals surface area contributed by atoms with Gasteiger partial charge in [0.25, 0.3) is 5.91 Å². The van der Waals surface area contributed by atoms with Gasteiger partial charge in [0, 0.05) is 23.7 Å². The van der Waals surface area contributed by atoms with Gasteiger partial charge in [0.2, 0.25) is 5.91 Å². The molecule has 2 amide bonds. The van der Waals surface area contributed by atoms with E-state index in [4.69, 9.17) is 16.3 Å². The number of ether oxygens (including phenoxy) is 1. The second-order valence-corrected chi connectivity index (χ2v) is 6.93. The average molecular weight is 373 g/mol. The van der Waals surface area contributed by atoms with Crippen LogP contribution in [0.3, 0.4) is 0 Å². The maximum Gasteiger partial charge on any atom is 0.255 e. The number of rotatable bonds is 4. The largest absolute Gasteiger partial charge is 0.496 e. The van der Waals surface area contributed by atoms with Crippen molar-refractivity contribution < 1.29 is 14.3 Å². The van der Waals surface area contributed by atoms with Gasteiger partial charge in [-0.3, -0.25) is 9.59 Å². The van der Waals surface area contributed by atoms with Crippen LogP contribution >= 0.6 is 11.6 Å². The molecule has 1 saturated heterocycles. The van der Waals surface area contributed by atoms with E-state index in [0.717, 1.165) is 11.3 Å². The van der Waals surface area contributed by atoms with Gasteiger partial charge >= 0.3 is 0 Å². The first-order chi connectivity index (χ1) is 12.4. The predicted octanol–water partition coefficient (Wildman–Crippen LogP) is 3.50. The third kappa shape index (κ3) is 3.68. The van der Waals surface area contributed by atoms with Crippen LogP contribution in [0, 0.1) is 13.8 Å². The van der Waals surface area contributed by atoms with Crippen LogP contribution in [0.4, 0.5) is 5.69 Å². The van der Waals surface area contributed by atoms with E-state index in [-0.39, 0.29) is 24.3 Å². The van der Waals surface area contributed by atoms with Gasteiger partial charge in [-0.1, -0.05) is 17.7 Å². The van der Waals surface area contributed by atoms with Crippen molar-refractivity contribution >= 4 is 29.1 Å². The number of methoxy groups -OCH3 is 1. The quantitative estimate of drug-likeness (QED) is 0.893. The molecule has 1 fully saturated rings. The summed E-state index contributed by atoms with van der Waals surface area (Å²) in [5.74, 6) is 0.142. The Labute approximate surface area is 157 Å². The number of nitrogens with one attached hydrogen (secondary N) is 1. The van der Waals surface area contributed by atoms with Crippen molar-refractivity contribution in [3.05, 3.63) is 58.1 Å². The first-order valence-electron chi connectivity index (χ1n) is 8.41. The van der Waals surface area contributed by atoms with Gasteiger partial charge in [-0.25, -0.2) is 0 Å². The number of hydrogen-bond acceptors (Lipinski definition) is 3. The topological polar surface area (TPSA) is 58.6 Å². The maximum absolute atomic E-state index is 12.6. The molecule has 0 aromatic heterocycles. The van der Waals surface area contributed by atoms with Gasteiger partial charge in [-0.05, 0) is 55.3 Å². The molecule has 0 bridgehead atoms. The van der Waals surface area contributed by atoms with Crippen molar-refractivity contribution in [2.45, 2.75) is 26.3 Å². The summed E-state index contributed by atoms with van der Waals surface area (Å²) in [5, 5.41) is 3.37. The summed E-state index contributed by atoms with van der Waals surface area (Å²) in [4.78, 5) is 26.7. The third-order valence-electron chi connectivity index (χ3n) is 4.67. The Morgan fingerprint density at radius 3 is 2.65 bits per heavy atom. The Balaban J connectivity index is 1.74. The average Bonchev–Trinajstić information content (AvgIpc) is 2.97. The second-order valence-electron chi connectivity index (χ2n) is 6.49. The van der Waals surface area contributed by atoms with E-state index in [0.29, 0.717) is 22.9 Å². The highest BCUT2D eigenvalue weighted by Crippen LogP contribution is 2.26. The normalized spacial score (nSPS) is 16.7. The fraction of sp³-hybridized carbons (Fsp3) is 0.300. The maximum atomic E-state index is 12.6. The Morgan fingerprint density at radius 2 is 1.96 bits per heavy atom. The number of hydrogen-bond donors (Lipinski definition) is 1. The lowest BCUT2D eigenvalue weighted by Gasteiger charge is -2.18. The molecule has 0 aliphatic carbocycles. The van der Waals surface area contributed by atoms with Gasteiger partial charge in [-0.15, -0.1) is 0 Å². The van der Waals surface area contributed by atoms with Crippen LogP contribution in [0.15, 0.2) is 36.4 Å². The zero-order chi connectivity index (χ0) is 18.8. The van der Waals surface area contributed by atoms with Crippen molar-refractivity contribution in [1.29, 1.82) is 0 Å².